The first-order valence-corrected chi connectivity index (χ1v) is 12.2. The van der Waals surface area contributed by atoms with Gasteiger partial charge in [-0.05, 0) is 67.1 Å². The van der Waals surface area contributed by atoms with Crippen molar-refractivity contribution in [1.29, 1.82) is 0 Å². The van der Waals surface area contributed by atoms with Crippen LogP contribution < -0.4 is 10.1 Å². The van der Waals surface area contributed by atoms with Gasteiger partial charge in [-0.2, -0.15) is 5.10 Å². The number of nitrogens with one attached hydrogen (secondary N) is 2. The fourth-order valence-corrected chi connectivity index (χ4v) is 5.18. The number of methoxy groups -OCH3 is 1. The molecule has 0 aliphatic heterocycles. The molecule has 36 heavy (non-hydrogen) atoms. The molecule has 5 aromatic rings. The van der Waals surface area contributed by atoms with Gasteiger partial charge in [0.25, 0.3) is 0 Å². The van der Waals surface area contributed by atoms with E-state index in [0.29, 0.717) is 11.8 Å². The van der Waals surface area contributed by atoms with Gasteiger partial charge in [0.05, 0.1) is 36.4 Å². The Balaban J connectivity index is 1.43. The number of aromatic amines is 1. The summed E-state index contributed by atoms with van der Waals surface area (Å²) in [6.07, 6.45) is 6.53. The summed E-state index contributed by atoms with van der Waals surface area (Å²) in [4.78, 5) is 9.17. The van der Waals surface area contributed by atoms with Crippen LogP contribution in [0.4, 0.5) is 11.8 Å². The SMILES string of the molecule is COc1ccncc1-c1ccc2[nH]nc(Nc3nc4cc(CO)ccc4n3C3CCC(O)CC3)c2c1. The van der Waals surface area contributed by atoms with Crippen LogP contribution in [-0.4, -0.2) is 48.2 Å². The number of hydrogen-bond donors (Lipinski definition) is 4. The molecule has 1 aliphatic carbocycles. The lowest BCUT2D eigenvalue weighted by Crippen LogP contribution is -2.22. The van der Waals surface area contributed by atoms with Crippen molar-refractivity contribution in [3.8, 4) is 16.9 Å². The van der Waals surface area contributed by atoms with E-state index in [9.17, 15) is 10.2 Å². The van der Waals surface area contributed by atoms with E-state index in [0.717, 1.165) is 70.1 Å². The van der Waals surface area contributed by atoms with Crippen molar-refractivity contribution in [2.75, 3.05) is 12.4 Å². The van der Waals surface area contributed by atoms with E-state index < -0.39 is 0 Å². The molecule has 4 N–H and O–H groups in total. The first kappa shape index (κ1) is 22.5. The van der Waals surface area contributed by atoms with Crippen LogP contribution >= 0.6 is 0 Å². The lowest BCUT2D eigenvalue weighted by molar-refractivity contribution is 0.112. The Morgan fingerprint density at radius 2 is 1.97 bits per heavy atom. The number of rotatable bonds is 6. The second-order valence-electron chi connectivity index (χ2n) is 9.28. The van der Waals surface area contributed by atoms with Crippen LogP contribution in [0.5, 0.6) is 5.75 Å². The van der Waals surface area contributed by atoms with E-state index in [-0.39, 0.29) is 18.8 Å². The molecule has 0 amide bonds. The summed E-state index contributed by atoms with van der Waals surface area (Å²) in [7, 11) is 1.65. The molecule has 0 spiro atoms. The van der Waals surface area contributed by atoms with Crippen molar-refractivity contribution in [3.63, 3.8) is 0 Å². The standard InChI is InChI=1S/C27H28N6O3/c1-36-25-10-11-28-14-21(25)17-3-8-22-20(13-17)26(32-31-22)30-27-29-23-12-16(15-34)2-9-24(23)33(27)18-4-6-19(35)7-5-18/h2-3,8-14,18-19,34-35H,4-7,15H2,1H3,(H2,29,30,31,32). The van der Waals surface area contributed by atoms with Gasteiger partial charge in [-0.3, -0.25) is 10.1 Å². The lowest BCUT2D eigenvalue weighted by Gasteiger charge is -2.28. The minimum Gasteiger partial charge on any atom is -0.496 e. The molecule has 2 aromatic carbocycles. The van der Waals surface area contributed by atoms with E-state index in [4.69, 9.17) is 9.72 Å². The minimum absolute atomic E-state index is 0.0359. The summed E-state index contributed by atoms with van der Waals surface area (Å²) in [6.45, 7) is -0.0359. The van der Waals surface area contributed by atoms with E-state index in [1.54, 1.807) is 19.5 Å². The third kappa shape index (κ3) is 3.96. The van der Waals surface area contributed by atoms with E-state index in [1.165, 1.54) is 0 Å². The number of benzene rings is 2. The second-order valence-corrected chi connectivity index (χ2v) is 9.28. The molecule has 3 heterocycles. The Labute approximate surface area is 207 Å². The average Bonchev–Trinajstić information content (AvgIpc) is 3.49. The molecule has 6 rings (SSSR count). The first-order valence-electron chi connectivity index (χ1n) is 12.2. The van der Waals surface area contributed by atoms with Crippen LogP contribution in [-0.2, 0) is 6.61 Å². The smallest absolute Gasteiger partial charge is 0.209 e. The maximum absolute atomic E-state index is 10.1. The monoisotopic (exact) mass is 484 g/mol. The Bertz CT molecular complexity index is 1530. The molecule has 9 nitrogen and oxygen atoms in total. The highest BCUT2D eigenvalue weighted by Crippen LogP contribution is 2.37. The van der Waals surface area contributed by atoms with Crippen molar-refractivity contribution in [2.24, 2.45) is 0 Å². The largest absolute Gasteiger partial charge is 0.496 e. The molecule has 184 valence electrons. The van der Waals surface area contributed by atoms with Gasteiger partial charge in [0.1, 0.15) is 5.75 Å². The number of aliphatic hydroxyl groups excluding tert-OH is 2. The maximum atomic E-state index is 10.1. The summed E-state index contributed by atoms with van der Waals surface area (Å²) in [5.41, 5.74) is 5.40. The van der Waals surface area contributed by atoms with Crippen molar-refractivity contribution in [1.82, 2.24) is 24.7 Å². The number of aromatic nitrogens is 5. The second kappa shape index (κ2) is 9.25. The molecule has 0 saturated heterocycles. The molecular formula is C27H28N6O3. The molecule has 0 bridgehead atoms. The van der Waals surface area contributed by atoms with Gasteiger partial charge in [-0.1, -0.05) is 12.1 Å². The first-order chi connectivity index (χ1) is 17.6. The summed E-state index contributed by atoms with van der Waals surface area (Å²) in [5, 5.41) is 31.8. The molecule has 0 radical (unpaired) electrons. The number of hydrogen-bond acceptors (Lipinski definition) is 7. The van der Waals surface area contributed by atoms with Crippen molar-refractivity contribution < 1.29 is 14.9 Å². The highest BCUT2D eigenvalue weighted by molar-refractivity contribution is 5.95. The number of fused-ring (bicyclic) bond motifs is 2. The number of nitrogens with zero attached hydrogens (tertiary/aromatic N) is 4. The Hall–Kier alpha value is -3.95. The molecular weight excluding hydrogens is 456 g/mol. The van der Waals surface area contributed by atoms with Crippen LogP contribution in [0.3, 0.4) is 0 Å². The molecule has 0 unspecified atom stereocenters. The van der Waals surface area contributed by atoms with Gasteiger partial charge in [-0.15, -0.1) is 0 Å². The molecule has 9 heteroatoms. The number of anilines is 2. The molecule has 1 aliphatic rings. The van der Waals surface area contributed by atoms with Crippen LogP contribution in [0.15, 0.2) is 54.9 Å². The Morgan fingerprint density at radius 3 is 2.78 bits per heavy atom. The number of H-pyrrole nitrogens is 1. The predicted octanol–water partition coefficient (Wildman–Crippen LogP) is 4.70. The van der Waals surface area contributed by atoms with Crippen molar-refractivity contribution in [2.45, 2.75) is 44.4 Å². The fraction of sp³-hybridized carbons (Fsp3) is 0.296. The van der Waals surface area contributed by atoms with Gasteiger partial charge < -0.3 is 24.8 Å². The minimum atomic E-state index is -0.244. The Morgan fingerprint density at radius 1 is 1.11 bits per heavy atom. The zero-order chi connectivity index (χ0) is 24.6. The number of imidazole rings is 1. The van der Waals surface area contributed by atoms with Gasteiger partial charge in [0.2, 0.25) is 5.95 Å². The van der Waals surface area contributed by atoms with Crippen LogP contribution in [0, 0.1) is 0 Å². The van der Waals surface area contributed by atoms with Crippen LogP contribution in [0.1, 0.15) is 37.3 Å². The van der Waals surface area contributed by atoms with Crippen LogP contribution in [0.25, 0.3) is 33.1 Å². The van der Waals surface area contributed by atoms with Gasteiger partial charge in [0.15, 0.2) is 5.82 Å². The zero-order valence-electron chi connectivity index (χ0n) is 20.0. The molecule has 3 aromatic heterocycles. The summed E-state index contributed by atoms with van der Waals surface area (Å²) >= 11 is 0. The molecule has 1 fully saturated rings. The normalized spacial score (nSPS) is 18.1. The van der Waals surface area contributed by atoms with Crippen molar-refractivity contribution in [3.05, 3.63) is 60.4 Å². The molecule has 1 saturated carbocycles. The molecule has 0 atom stereocenters. The highest BCUT2D eigenvalue weighted by Gasteiger charge is 2.25. The van der Waals surface area contributed by atoms with E-state index in [2.05, 4.69) is 31.1 Å². The summed E-state index contributed by atoms with van der Waals surface area (Å²) in [5.74, 6) is 2.12. The third-order valence-electron chi connectivity index (χ3n) is 7.07. The Kier molecular flexibility index (Phi) is 5.79. The lowest BCUT2D eigenvalue weighted by atomic mass is 9.93. The van der Waals surface area contributed by atoms with Gasteiger partial charge in [0, 0.05) is 29.4 Å². The predicted molar refractivity (Wildman–Crippen MR) is 138 cm³/mol. The number of aliphatic hydroxyl groups is 2. The highest BCUT2D eigenvalue weighted by atomic mass is 16.5. The number of pyridine rings is 1. The third-order valence-corrected chi connectivity index (χ3v) is 7.07. The van der Waals surface area contributed by atoms with Gasteiger partial charge >= 0.3 is 0 Å². The van der Waals surface area contributed by atoms with Crippen molar-refractivity contribution >= 4 is 33.7 Å². The van der Waals surface area contributed by atoms with E-state index in [1.807, 2.05) is 36.4 Å². The van der Waals surface area contributed by atoms with E-state index >= 15 is 0 Å². The van der Waals surface area contributed by atoms with Crippen LogP contribution in [0.2, 0.25) is 0 Å². The summed E-state index contributed by atoms with van der Waals surface area (Å²) < 4.78 is 7.75. The quantitative estimate of drug-likeness (QED) is 0.276. The fourth-order valence-electron chi connectivity index (χ4n) is 5.18. The van der Waals surface area contributed by atoms with Gasteiger partial charge in [-0.25, -0.2) is 4.98 Å². The zero-order valence-corrected chi connectivity index (χ0v) is 20.0. The topological polar surface area (TPSA) is 121 Å². The average molecular weight is 485 g/mol. The summed E-state index contributed by atoms with van der Waals surface area (Å²) in [6, 6.07) is 14.0. The number of ether oxygens (including phenoxy) is 1. The maximum Gasteiger partial charge on any atom is 0.209 e.